The average Bonchev–Trinajstić information content (AvgIpc) is 2.86. The van der Waals surface area contributed by atoms with E-state index in [0.29, 0.717) is 5.82 Å². The fraction of sp³-hybridized carbons (Fsp3) is 0.250. The SMILES string of the molecule is NCC(O)c1nc(-c2ccc[nH]2)no1. The van der Waals surface area contributed by atoms with E-state index in [-0.39, 0.29) is 12.4 Å². The molecule has 1 atom stereocenters. The molecule has 0 spiro atoms. The molecule has 0 radical (unpaired) electrons. The first-order valence-electron chi connectivity index (χ1n) is 4.16. The molecule has 0 bridgehead atoms. The van der Waals surface area contributed by atoms with E-state index in [4.69, 9.17) is 10.3 Å². The number of nitrogens with one attached hydrogen (secondary N) is 1. The molecule has 2 aromatic rings. The summed E-state index contributed by atoms with van der Waals surface area (Å²) in [6.45, 7) is 0.0619. The van der Waals surface area contributed by atoms with E-state index in [1.807, 2.05) is 12.1 Å². The molecule has 0 saturated heterocycles. The summed E-state index contributed by atoms with van der Waals surface area (Å²) in [6, 6.07) is 3.63. The third-order valence-corrected chi connectivity index (χ3v) is 1.79. The second-order valence-electron chi connectivity index (χ2n) is 2.79. The van der Waals surface area contributed by atoms with E-state index in [2.05, 4.69) is 15.1 Å². The van der Waals surface area contributed by atoms with Gasteiger partial charge in [-0.05, 0) is 12.1 Å². The van der Waals surface area contributed by atoms with Gasteiger partial charge in [0.05, 0.1) is 5.69 Å². The van der Waals surface area contributed by atoms with Gasteiger partial charge in [-0.25, -0.2) is 0 Å². The van der Waals surface area contributed by atoms with Gasteiger partial charge in [-0.1, -0.05) is 5.16 Å². The van der Waals surface area contributed by atoms with Crippen LogP contribution in [-0.4, -0.2) is 26.8 Å². The van der Waals surface area contributed by atoms with E-state index in [0.717, 1.165) is 5.69 Å². The van der Waals surface area contributed by atoms with E-state index in [1.54, 1.807) is 6.20 Å². The van der Waals surface area contributed by atoms with Crippen molar-refractivity contribution in [3.63, 3.8) is 0 Å². The predicted octanol–water partition coefficient (Wildman–Crippen LogP) is 0.0568. The lowest BCUT2D eigenvalue weighted by molar-refractivity contribution is 0.141. The van der Waals surface area contributed by atoms with Crippen LogP contribution in [0.2, 0.25) is 0 Å². The van der Waals surface area contributed by atoms with Crippen LogP contribution in [0.3, 0.4) is 0 Å². The molecule has 0 aliphatic rings. The summed E-state index contributed by atoms with van der Waals surface area (Å²) in [5, 5.41) is 13.0. The second kappa shape index (κ2) is 3.60. The molecule has 2 aromatic heterocycles. The highest BCUT2D eigenvalue weighted by molar-refractivity contribution is 5.47. The fourth-order valence-electron chi connectivity index (χ4n) is 1.05. The quantitative estimate of drug-likeness (QED) is 0.641. The van der Waals surface area contributed by atoms with Gasteiger partial charge in [-0.3, -0.25) is 0 Å². The Bertz CT molecular complexity index is 395. The normalized spacial score (nSPS) is 13.0. The first kappa shape index (κ1) is 8.92. The lowest BCUT2D eigenvalue weighted by Crippen LogP contribution is -2.11. The number of aliphatic hydroxyl groups excluding tert-OH is 1. The van der Waals surface area contributed by atoms with Gasteiger partial charge < -0.3 is 20.3 Å². The lowest BCUT2D eigenvalue weighted by atomic mass is 10.3. The molecule has 0 fully saturated rings. The standard InChI is InChI=1S/C8H10N4O2/c9-4-6(13)8-11-7(12-14-8)5-2-1-3-10-5/h1-3,6,10,13H,4,9H2. The van der Waals surface area contributed by atoms with Gasteiger partial charge >= 0.3 is 0 Å². The van der Waals surface area contributed by atoms with Crippen molar-refractivity contribution in [2.45, 2.75) is 6.10 Å². The van der Waals surface area contributed by atoms with Crippen LogP contribution >= 0.6 is 0 Å². The summed E-state index contributed by atoms with van der Waals surface area (Å²) in [5.41, 5.74) is 5.99. The number of hydrogen-bond donors (Lipinski definition) is 3. The van der Waals surface area contributed by atoms with Gasteiger partial charge in [0.2, 0.25) is 5.82 Å². The van der Waals surface area contributed by atoms with Crippen molar-refractivity contribution < 1.29 is 9.63 Å². The zero-order valence-corrected chi connectivity index (χ0v) is 7.34. The van der Waals surface area contributed by atoms with E-state index in [9.17, 15) is 5.11 Å². The largest absolute Gasteiger partial charge is 0.382 e. The van der Waals surface area contributed by atoms with Crippen molar-refractivity contribution in [2.75, 3.05) is 6.54 Å². The van der Waals surface area contributed by atoms with Gasteiger partial charge in [0.1, 0.15) is 6.10 Å². The van der Waals surface area contributed by atoms with Crippen molar-refractivity contribution in [3.05, 3.63) is 24.2 Å². The van der Waals surface area contributed by atoms with Gasteiger partial charge in [0, 0.05) is 12.7 Å². The molecular formula is C8H10N4O2. The van der Waals surface area contributed by atoms with Crippen LogP contribution in [0.25, 0.3) is 11.5 Å². The Hall–Kier alpha value is -1.66. The molecular weight excluding hydrogens is 184 g/mol. The Morgan fingerprint density at radius 2 is 2.50 bits per heavy atom. The molecule has 0 saturated carbocycles. The zero-order chi connectivity index (χ0) is 9.97. The molecule has 0 aromatic carbocycles. The number of rotatable bonds is 3. The molecule has 6 heteroatoms. The minimum Gasteiger partial charge on any atom is -0.382 e. The molecule has 0 aliphatic heterocycles. The highest BCUT2D eigenvalue weighted by Crippen LogP contribution is 2.15. The second-order valence-corrected chi connectivity index (χ2v) is 2.79. The molecule has 0 aliphatic carbocycles. The van der Waals surface area contributed by atoms with Gasteiger partial charge in [0.25, 0.3) is 5.89 Å². The topological polar surface area (TPSA) is 101 Å². The summed E-state index contributed by atoms with van der Waals surface area (Å²) in [7, 11) is 0. The maximum Gasteiger partial charge on any atom is 0.257 e. The third-order valence-electron chi connectivity index (χ3n) is 1.79. The van der Waals surface area contributed by atoms with Crippen LogP contribution in [0.1, 0.15) is 12.0 Å². The first-order chi connectivity index (χ1) is 6.81. The lowest BCUT2D eigenvalue weighted by Gasteiger charge is -1.97. The van der Waals surface area contributed by atoms with Crippen LogP contribution in [0.15, 0.2) is 22.9 Å². The Labute approximate surface area is 79.7 Å². The van der Waals surface area contributed by atoms with Crippen LogP contribution in [0.5, 0.6) is 0 Å². The minimum atomic E-state index is -0.897. The van der Waals surface area contributed by atoms with E-state index in [1.165, 1.54) is 0 Å². The third kappa shape index (κ3) is 1.52. The molecule has 6 nitrogen and oxygen atoms in total. The van der Waals surface area contributed by atoms with Crippen LogP contribution in [-0.2, 0) is 0 Å². The Kier molecular flexibility index (Phi) is 2.30. The summed E-state index contributed by atoms with van der Waals surface area (Å²) in [6.07, 6.45) is 0.858. The van der Waals surface area contributed by atoms with Gasteiger partial charge in [0.15, 0.2) is 0 Å². The Morgan fingerprint density at radius 1 is 1.64 bits per heavy atom. The number of nitrogens with two attached hydrogens (primary N) is 1. The Morgan fingerprint density at radius 3 is 3.14 bits per heavy atom. The highest BCUT2D eigenvalue weighted by Gasteiger charge is 2.15. The first-order valence-corrected chi connectivity index (χ1v) is 4.16. The van der Waals surface area contributed by atoms with Crippen LogP contribution in [0.4, 0.5) is 0 Å². The average molecular weight is 194 g/mol. The molecule has 0 amide bonds. The van der Waals surface area contributed by atoms with Gasteiger partial charge in [-0.15, -0.1) is 0 Å². The van der Waals surface area contributed by atoms with Crippen molar-refractivity contribution >= 4 is 0 Å². The van der Waals surface area contributed by atoms with Crippen LogP contribution < -0.4 is 5.73 Å². The number of nitrogens with zero attached hydrogens (tertiary/aromatic N) is 2. The summed E-state index contributed by atoms with van der Waals surface area (Å²) in [4.78, 5) is 6.91. The molecule has 1 unspecified atom stereocenters. The zero-order valence-electron chi connectivity index (χ0n) is 7.34. The number of H-pyrrole nitrogens is 1. The number of aromatic nitrogens is 3. The molecule has 14 heavy (non-hydrogen) atoms. The monoisotopic (exact) mass is 194 g/mol. The maximum absolute atomic E-state index is 9.31. The maximum atomic E-state index is 9.31. The van der Waals surface area contributed by atoms with Gasteiger partial charge in [-0.2, -0.15) is 4.98 Å². The van der Waals surface area contributed by atoms with E-state index >= 15 is 0 Å². The number of aliphatic hydroxyl groups is 1. The molecule has 2 heterocycles. The van der Waals surface area contributed by atoms with Crippen LogP contribution in [0, 0.1) is 0 Å². The predicted molar refractivity (Wildman–Crippen MR) is 48.1 cm³/mol. The molecule has 74 valence electrons. The summed E-state index contributed by atoms with van der Waals surface area (Å²) < 4.78 is 4.83. The van der Waals surface area contributed by atoms with Crippen molar-refractivity contribution in [1.29, 1.82) is 0 Å². The minimum absolute atomic E-state index is 0.0619. The fourth-order valence-corrected chi connectivity index (χ4v) is 1.05. The van der Waals surface area contributed by atoms with Crippen molar-refractivity contribution in [1.82, 2.24) is 15.1 Å². The van der Waals surface area contributed by atoms with E-state index < -0.39 is 6.10 Å². The smallest absolute Gasteiger partial charge is 0.257 e. The Balaban J connectivity index is 2.26. The number of aromatic amines is 1. The van der Waals surface area contributed by atoms with Crippen molar-refractivity contribution in [2.24, 2.45) is 5.73 Å². The molecule has 2 rings (SSSR count). The number of hydrogen-bond acceptors (Lipinski definition) is 5. The van der Waals surface area contributed by atoms with Crippen molar-refractivity contribution in [3.8, 4) is 11.5 Å². The summed E-state index contributed by atoms with van der Waals surface area (Å²) >= 11 is 0. The molecule has 4 N–H and O–H groups in total. The summed E-state index contributed by atoms with van der Waals surface area (Å²) in [5.74, 6) is 0.551. The highest BCUT2D eigenvalue weighted by atomic mass is 16.5.